The molecule has 0 aliphatic carbocycles. The van der Waals surface area contributed by atoms with E-state index in [4.69, 9.17) is 5.11 Å². The maximum Gasteiger partial charge on any atom is 0.316 e. The summed E-state index contributed by atoms with van der Waals surface area (Å²) in [5, 5.41) is 8.31. The van der Waals surface area contributed by atoms with Crippen molar-refractivity contribution in [2.24, 2.45) is 0 Å². The molecule has 0 aromatic heterocycles. The molecule has 1 N–H and O–H groups in total. The highest BCUT2D eigenvalue weighted by Crippen LogP contribution is 2.17. The molecule has 1 rings (SSSR count). The van der Waals surface area contributed by atoms with Gasteiger partial charge in [0.15, 0.2) is 0 Å². The first-order chi connectivity index (χ1) is 6.20. The Hall–Kier alpha value is -0.960. The fourth-order valence-corrected chi connectivity index (χ4v) is 1.64. The van der Waals surface area contributed by atoms with Gasteiger partial charge in [-0.05, 0) is 12.5 Å². The Kier molecular flexibility index (Phi) is 3.83. The van der Waals surface area contributed by atoms with Gasteiger partial charge in [0.05, 0.1) is 5.25 Å². The second-order valence-corrected chi connectivity index (χ2v) is 4.11. The van der Waals surface area contributed by atoms with Crippen molar-refractivity contribution in [1.29, 1.82) is 0 Å². The Morgan fingerprint density at radius 3 is 2.62 bits per heavy atom. The molecular formula is C10H12O2S. The SMILES string of the molecule is C[C@H](SCc1ccccc1)C(=O)O. The van der Waals surface area contributed by atoms with Crippen LogP contribution in [0.25, 0.3) is 0 Å². The second kappa shape index (κ2) is 4.92. The van der Waals surface area contributed by atoms with Crippen LogP contribution in [0.2, 0.25) is 0 Å². The van der Waals surface area contributed by atoms with E-state index in [1.165, 1.54) is 17.3 Å². The molecule has 1 aromatic carbocycles. The van der Waals surface area contributed by atoms with Crippen LogP contribution < -0.4 is 0 Å². The number of carboxylic acid groups (broad SMARTS) is 1. The maximum atomic E-state index is 10.5. The molecule has 0 aliphatic heterocycles. The molecule has 0 saturated carbocycles. The third kappa shape index (κ3) is 3.51. The monoisotopic (exact) mass is 196 g/mol. The van der Waals surface area contributed by atoms with E-state index in [0.717, 1.165) is 5.75 Å². The van der Waals surface area contributed by atoms with Crippen LogP contribution in [0.1, 0.15) is 12.5 Å². The van der Waals surface area contributed by atoms with Crippen molar-refractivity contribution in [3.05, 3.63) is 35.9 Å². The van der Waals surface area contributed by atoms with Crippen molar-refractivity contribution in [1.82, 2.24) is 0 Å². The Morgan fingerprint density at radius 1 is 1.46 bits per heavy atom. The zero-order valence-electron chi connectivity index (χ0n) is 7.43. The predicted octanol–water partition coefficient (Wildman–Crippen LogP) is 2.39. The fraction of sp³-hybridized carbons (Fsp3) is 0.300. The zero-order chi connectivity index (χ0) is 9.68. The van der Waals surface area contributed by atoms with Crippen molar-refractivity contribution in [3.8, 4) is 0 Å². The van der Waals surface area contributed by atoms with Crippen molar-refractivity contribution in [3.63, 3.8) is 0 Å². The first kappa shape index (κ1) is 10.1. The summed E-state index contributed by atoms with van der Waals surface area (Å²) >= 11 is 1.44. The minimum atomic E-state index is -0.749. The predicted molar refractivity (Wildman–Crippen MR) is 54.8 cm³/mol. The van der Waals surface area contributed by atoms with Gasteiger partial charge < -0.3 is 5.11 Å². The van der Waals surface area contributed by atoms with Crippen LogP contribution in [0.3, 0.4) is 0 Å². The summed E-state index contributed by atoms with van der Waals surface area (Å²) < 4.78 is 0. The summed E-state index contributed by atoms with van der Waals surface area (Å²) in [6.07, 6.45) is 0. The number of hydrogen-bond acceptors (Lipinski definition) is 2. The largest absolute Gasteiger partial charge is 0.480 e. The van der Waals surface area contributed by atoms with E-state index in [2.05, 4.69) is 0 Å². The standard InChI is InChI=1S/C10H12O2S/c1-8(10(11)12)13-7-9-5-3-2-4-6-9/h2-6,8H,7H2,1H3,(H,11,12)/t8-/m0/s1. The number of thioether (sulfide) groups is 1. The highest BCUT2D eigenvalue weighted by molar-refractivity contribution is 7.99. The Balaban J connectivity index is 2.39. The van der Waals surface area contributed by atoms with Gasteiger partial charge in [0.2, 0.25) is 0 Å². The molecule has 0 fully saturated rings. The third-order valence-corrected chi connectivity index (χ3v) is 2.89. The van der Waals surface area contributed by atoms with Crippen LogP contribution in [0.4, 0.5) is 0 Å². The maximum absolute atomic E-state index is 10.5. The summed E-state index contributed by atoms with van der Waals surface area (Å²) in [6.45, 7) is 1.70. The highest BCUT2D eigenvalue weighted by Gasteiger charge is 2.10. The molecule has 0 heterocycles. The van der Waals surface area contributed by atoms with Gasteiger partial charge in [-0.15, -0.1) is 11.8 Å². The van der Waals surface area contributed by atoms with E-state index in [9.17, 15) is 4.79 Å². The first-order valence-electron chi connectivity index (χ1n) is 4.08. The van der Waals surface area contributed by atoms with Gasteiger partial charge in [-0.2, -0.15) is 0 Å². The molecule has 1 atom stereocenters. The molecule has 3 heteroatoms. The van der Waals surface area contributed by atoms with Gasteiger partial charge in [0.1, 0.15) is 0 Å². The van der Waals surface area contributed by atoms with E-state index < -0.39 is 5.97 Å². The van der Waals surface area contributed by atoms with Gasteiger partial charge in [0, 0.05) is 5.75 Å². The number of aliphatic carboxylic acids is 1. The minimum Gasteiger partial charge on any atom is -0.480 e. The quantitative estimate of drug-likeness (QED) is 0.803. The van der Waals surface area contributed by atoms with Gasteiger partial charge in [-0.1, -0.05) is 30.3 Å². The molecule has 0 saturated heterocycles. The molecule has 0 unspecified atom stereocenters. The van der Waals surface area contributed by atoms with Gasteiger partial charge in [-0.25, -0.2) is 0 Å². The molecular weight excluding hydrogens is 184 g/mol. The molecule has 0 aliphatic rings. The number of rotatable bonds is 4. The summed E-state index contributed by atoms with van der Waals surface area (Å²) in [5.41, 5.74) is 1.17. The Bertz CT molecular complexity index is 272. The normalized spacial score (nSPS) is 12.4. The van der Waals surface area contributed by atoms with E-state index in [1.807, 2.05) is 30.3 Å². The summed E-state index contributed by atoms with van der Waals surface area (Å²) in [5.74, 6) is 0.00910. The fourth-order valence-electron chi connectivity index (χ4n) is 0.867. The van der Waals surface area contributed by atoms with Crippen LogP contribution in [0, 0.1) is 0 Å². The van der Waals surface area contributed by atoms with Gasteiger partial charge in [-0.3, -0.25) is 4.79 Å². The molecule has 13 heavy (non-hydrogen) atoms. The van der Waals surface area contributed by atoms with Crippen LogP contribution in [0.5, 0.6) is 0 Å². The topological polar surface area (TPSA) is 37.3 Å². The van der Waals surface area contributed by atoms with Crippen molar-refractivity contribution < 1.29 is 9.90 Å². The minimum absolute atomic E-state index is 0.333. The smallest absolute Gasteiger partial charge is 0.316 e. The average molecular weight is 196 g/mol. The highest BCUT2D eigenvalue weighted by atomic mass is 32.2. The lowest BCUT2D eigenvalue weighted by atomic mass is 10.2. The van der Waals surface area contributed by atoms with Crippen LogP contribution in [0.15, 0.2) is 30.3 Å². The van der Waals surface area contributed by atoms with E-state index in [1.54, 1.807) is 6.92 Å². The Morgan fingerprint density at radius 2 is 2.08 bits per heavy atom. The summed E-state index contributed by atoms with van der Waals surface area (Å²) in [6, 6.07) is 9.88. The number of hydrogen-bond donors (Lipinski definition) is 1. The summed E-state index contributed by atoms with van der Waals surface area (Å²) in [4.78, 5) is 10.5. The summed E-state index contributed by atoms with van der Waals surface area (Å²) in [7, 11) is 0. The lowest BCUT2D eigenvalue weighted by Gasteiger charge is -2.05. The van der Waals surface area contributed by atoms with E-state index in [-0.39, 0.29) is 5.25 Å². The first-order valence-corrected chi connectivity index (χ1v) is 5.13. The van der Waals surface area contributed by atoms with Crippen LogP contribution in [-0.2, 0) is 10.5 Å². The number of carboxylic acids is 1. The molecule has 0 spiro atoms. The van der Waals surface area contributed by atoms with E-state index in [0.29, 0.717) is 0 Å². The lowest BCUT2D eigenvalue weighted by molar-refractivity contribution is -0.136. The lowest BCUT2D eigenvalue weighted by Crippen LogP contribution is -2.11. The van der Waals surface area contributed by atoms with Crippen molar-refractivity contribution >= 4 is 17.7 Å². The average Bonchev–Trinajstić information content (AvgIpc) is 2.15. The molecule has 0 amide bonds. The second-order valence-electron chi connectivity index (χ2n) is 2.78. The molecule has 2 nitrogen and oxygen atoms in total. The van der Waals surface area contributed by atoms with Crippen molar-refractivity contribution in [2.75, 3.05) is 0 Å². The Labute approximate surface area is 82.0 Å². The number of benzene rings is 1. The third-order valence-electron chi connectivity index (χ3n) is 1.69. The molecule has 1 aromatic rings. The molecule has 0 radical (unpaired) electrons. The van der Waals surface area contributed by atoms with Gasteiger partial charge >= 0.3 is 5.97 Å². The molecule has 0 bridgehead atoms. The van der Waals surface area contributed by atoms with Gasteiger partial charge in [0.25, 0.3) is 0 Å². The number of carbonyl (C=O) groups is 1. The van der Waals surface area contributed by atoms with E-state index >= 15 is 0 Å². The van der Waals surface area contributed by atoms with Crippen LogP contribution in [-0.4, -0.2) is 16.3 Å². The zero-order valence-corrected chi connectivity index (χ0v) is 8.25. The van der Waals surface area contributed by atoms with Crippen molar-refractivity contribution in [2.45, 2.75) is 17.9 Å². The molecule has 70 valence electrons. The van der Waals surface area contributed by atoms with Crippen LogP contribution >= 0.6 is 11.8 Å².